The van der Waals surface area contributed by atoms with Gasteiger partial charge in [0.1, 0.15) is 12.4 Å². The van der Waals surface area contributed by atoms with Crippen LogP contribution < -0.4 is 15.0 Å². The van der Waals surface area contributed by atoms with Gasteiger partial charge in [-0.1, -0.05) is 41.9 Å². The van der Waals surface area contributed by atoms with Crippen molar-refractivity contribution in [2.24, 2.45) is 0 Å². The van der Waals surface area contributed by atoms with Gasteiger partial charge in [0, 0.05) is 38.2 Å². The van der Waals surface area contributed by atoms with Crippen LogP contribution in [0.3, 0.4) is 0 Å². The molecule has 3 aromatic rings. The van der Waals surface area contributed by atoms with E-state index >= 15 is 0 Å². The third-order valence-corrected chi connectivity index (χ3v) is 6.64. The van der Waals surface area contributed by atoms with Crippen LogP contribution in [0, 0.1) is 6.92 Å². The first kappa shape index (κ1) is 25.7. The van der Waals surface area contributed by atoms with Crippen LogP contribution in [0.25, 0.3) is 11.1 Å². The molecule has 0 bridgehead atoms. The van der Waals surface area contributed by atoms with Crippen molar-refractivity contribution in [3.8, 4) is 16.9 Å². The number of hydrogen-bond acceptors (Lipinski definition) is 4. The lowest BCUT2D eigenvalue weighted by Gasteiger charge is -2.19. The lowest BCUT2D eigenvalue weighted by atomic mass is 9.97. The number of ether oxygens (including phenoxy) is 1. The highest BCUT2D eigenvalue weighted by Gasteiger charge is 2.27. The first-order chi connectivity index (χ1) is 17.2. The maximum Gasteiger partial charge on any atom is 0.258 e. The Kier molecular flexibility index (Phi) is 7.97. The first-order valence-electron chi connectivity index (χ1n) is 12.1. The molecule has 0 fully saturated rings. The number of carbonyl (C=O) groups excluding carboxylic acids is 2. The largest absolute Gasteiger partial charge is 0.491 e. The van der Waals surface area contributed by atoms with Crippen molar-refractivity contribution >= 4 is 29.1 Å². The predicted octanol–water partition coefficient (Wildman–Crippen LogP) is 5.09. The van der Waals surface area contributed by atoms with E-state index in [9.17, 15) is 9.59 Å². The number of nitrogens with zero attached hydrogens (tertiary/aromatic N) is 2. The van der Waals surface area contributed by atoms with Crippen molar-refractivity contribution in [2.75, 3.05) is 38.7 Å². The number of rotatable bonds is 8. The molecule has 0 saturated carbocycles. The summed E-state index contributed by atoms with van der Waals surface area (Å²) in [5.41, 5.74) is 6.86. The van der Waals surface area contributed by atoms with Gasteiger partial charge in [0.25, 0.3) is 5.91 Å². The van der Waals surface area contributed by atoms with E-state index in [2.05, 4.69) is 24.4 Å². The summed E-state index contributed by atoms with van der Waals surface area (Å²) in [6, 6.07) is 17.7. The zero-order valence-electron chi connectivity index (χ0n) is 21.2. The summed E-state index contributed by atoms with van der Waals surface area (Å²) in [5.74, 6) is 0.516. The van der Waals surface area contributed by atoms with Gasteiger partial charge in [-0.05, 0) is 73.5 Å². The molecule has 0 radical (unpaired) electrons. The second kappa shape index (κ2) is 11.1. The van der Waals surface area contributed by atoms with Gasteiger partial charge >= 0.3 is 0 Å². The number of benzene rings is 3. The lowest BCUT2D eigenvalue weighted by molar-refractivity contribution is -0.119. The number of aryl methyl sites for hydroxylation is 1. The molecular weight excluding hydrogens is 474 g/mol. The SMILES string of the molecule is CC(=O)NCc1ccc(-c2ccc(C(=O)N3CCc4cc(Cl)c(OCCN(C)C)cc43)cc2)c(C)c1. The van der Waals surface area contributed by atoms with Crippen molar-refractivity contribution in [1.29, 1.82) is 0 Å². The molecule has 2 amide bonds. The van der Waals surface area contributed by atoms with E-state index in [1.54, 1.807) is 0 Å². The van der Waals surface area contributed by atoms with Gasteiger partial charge in [0.05, 0.1) is 10.7 Å². The Morgan fingerprint density at radius 2 is 1.83 bits per heavy atom. The third kappa shape index (κ3) is 5.89. The first-order valence-corrected chi connectivity index (χ1v) is 12.5. The molecule has 7 heteroatoms. The van der Waals surface area contributed by atoms with Gasteiger partial charge in [0.2, 0.25) is 5.91 Å². The lowest BCUT2D eigenvalue weighted by Crippen LogP contribution is -2.28. The number of likely N-dealkylation sites (N-methyl/N-ethyl adjacent to an activating group) is 1. The van der Waals surface area contributed by atoms with E-state index in [4.69, 9.17) is 16.3 Å². The molecule has 36 heavy (non-hydrogen) atoms. The molecule has 0 atom stereocenters. The van der Waals surface area contributed by atoms with E-state index in [-0.39, 0.29) is 11.8 Å². The molecule has 0 spiro atoms. The van der Waals surface area contributed by atoms with Crippen LogP contribution in [-0.4, -0.2) is 50.5 Å². The highest BCUT2D eigenvalue weighted by Crippen LogP contribution is 2.38. The molecule has 188 valence electrons. The summed E-state index contributed by atoms with van der Waals surface area (Å²) in [6.07, 6.45) is 0.765. The van der Waals surface area contributed by atoms with Crippen LogP contribution in [0.1, 0.15) is 34.0 Å². The summed E-state index contributed by atoms with van der Waals surface area (Å²) in [7, 11) is 3.98. The van der Waals surface area contributed by atoms with Gasteiger partial charge in [0.15, 0.2) is 0 Å². The molecule has 0 aliphatic carbocycles. The molecule has 1 aliphatic heterocycles. The fraction of sp³-hybridized carbons (Fsp3) is 0.310. The molecular formula is C29H32ClN3O3. The fourth-order valence-electron chi connectivity index (χ4n) is 4.38. The molecule has 0 saturated heterocycles. The van der Waals surface area contributed by atoms with Crippen molar-refractivity contribution < 1.29 is 14.3 Å². The number of amides is 2. The standard InChI is InChI=1S/C29H32ClN3O3/c1-19-15-21(18-31-20(2)34)5-10-25(19)22-6-8-23(9-7-22)29(35)33-12-11-24-16-26(30)28(17-27(24)33)36-14-13-32(3)4/h5-10,15-17H,11-14,18H2,1-4H3,(H,31,34). The molecule has 1 N–H and O–H groups in total. The average Bonchev–Trinajstić information content (AvgIpc) is 3.25. The summed E-state index contributed by atoms with van der Waals surface area (Å²) in [5, 5.41) is 3.40. The molecule has 4 rings (SSSR count). The minimum Gasteiger partial charge on any atom is -0.491 e. The Morgan fingerprint density at radius 3 is 2.50 bits per heavy atom. The van der Waals surface area contributed by atoms with Crippen molar-refractivity contribution in [1.82, 2.24) is 10.2 Å². The average molecular weight is 506 g/mol. The predicted molar refractivity (Wildman–Crippen MR) is 145 cm³/mol. The van der Waals surface area contributed by atoms with Gasteiger partial charge < -0.3 is 19.9 Å². The highest BCUT2D eigenvalue weighted by molar-refractivity contribution is 6.32. The van der Waals surface area contributed by atoms with Gasteiger partial charge in [-0.2, -0.15) is 0 Å². The molecule has 6 nitrogen and oxygen atoms in total. The monoisotopic (exact) mass is 505 g/mol. The summed E-state index contributed by atoms with van der Waals surface area (Å²) in [6.45, 7) is 5.99. The van der Waals surface area contributed by atoms with E-state index in [1.165, 1.54) is 6.92 Å². The van der Waals surface area contributed by atoms with Crippen LogP contribution in [0.15, 0.2) is 54.6 Å². The number of anilines is 1. The maximum absolute atomic E-state index is 13.4. The van der Waals surface area contributed by atoms with E-state index in [0.29, 0.717) is 36.0 Å². The van der Waals surface area contributed by atoms with Crippen LogP contribution in [0.5, 0.6) is 5.75 Å². The number of fused-ring (bicyclic) bond motifs is 1. The molecule has 0 unspecified atom stereocenters. The van der Waals surface area contributed by atoms with Gasteiger partial charge in [-0.3, -0.25) is 9.59 Å². The Balaban J connectivity index is 1.50. The van der Waals surface area contributed by atoms with E-state index in [1.807, 2.05) is 66.4 Å². The quantitative estimate of drug-likeness (QED) is 0.463. The van der Waals surface area contributed by atoms with Crippen molar-refractivity contribution in [3.63, 3.8) is 0 Å². The van der Waals surface area contributed by atoms with E-state index in [0.717, 1.165) is 46.5 Å². The molecule has 1 heterocycles. The minimum atomic E-state index is -0.0474. The van der Waals surface area contributed by atoms with Crippen molar-refractivity contribution in [3.05, 3.63) is 81.9 Å². The number of nitrogens with one attached hydrogen (secondary N) is 1. The van der Waals surface area contributed by atoms with Crippen LogP contribution in [0.2, 0.25) is 5.02 Å². The summed E-state index contributed by atoms with van der Waals surface area (Å²) >= 11 is 6.44. The van der Waals surface area contributed by atoms with E-state index < -0.39 is 0 Å². The van der Waals surface area contributed by atoms with Crippen molar-refractivity contribution in [2.45, 2.75) is 26.8 Å². The fourth-order valence-corrected chi connectivity index (χ4v) is 4.62. The Hall–Kier alpha value is -3.35. The Labute approximate surface area is 217 Å². The van der Waals surface area contributed by atoms with Crippen LogP contribution in [0.4, 0.5) is 5.69 Å². The summed E-state index contributed by atoms with van der Waals surface area (Å²) < 4.78 is 5.89. The van der Waals surface area contributed by atoms with Gasteiger partial charge in [-0.15, -0.1) is 0 Å². The van der Waals surface area contributed by atoms with Crippen LogP contribution >= 0.6 is 11.6 Å². The summed E-state index contributed by atoms with van der Waals surface area (Å²) in [4.78, 5) is 28.4. The number of hydrogen-bond donors (Lipinski definition) is 1. The Bertz CT molecular complexity index is 1270. The second-order valence-corrected chi connectivity index (χ2v) is 9.81. The zero-order chi connectivity index (χ0) is 25.8. The Morgan fingerprint density at radius 1 is 1.08 bits per heavy atom. The molecule has 0 aromatic heterocycles. The minimum absolute atomic E-state index is 0.0377. The van der Waals surface area contributed by atoms with Gasteiger partial charge in [-0.25, -0.2) is 0 Å². The highest BCUT2D eigenvalue weighted by atomic mass is 35.5. The second-order valence-electron chi connectivity index (χ2n) is 9.41. The molecule has 3 aromatic carbocycles. The number of carbonyl (C=O) groups is 2. The topological polar surface area (TPSA) is 61.9 Å². The molecule has 1 aliphatic rings. The van der Waals surface area contributed by atoms with Crippen LogP contribution in [-0.2, 0) is 17.8 Å². The third-order valence-electron chi connectivity index (χ3n) is 6.35. The smallest absolute Gasteiger partial charge is 0.258 e. The normalized spacial score (nSPS) is 12.6. The number of halogens is 1. The zero-order valence-corrected chi connectivity index (χ0v) is 22.0. The maximum atomic E-state index is 13.4.